The average Bonchev–Trinajstić information content (AvgIpc) is 2.68. The number of hydrogen-bond acceptors (Lipinski definition) is 4. The lowest BCUT2D eigenvalue weighted by molar-refractivity contribution is -0.131. The highest BCUT2D eigenvalue weighted by molar-refractivity contribution is 7.89. The molecule has 1 saturated heterocycles. The van der Waals surface area contributed by atoms with Crippen LogP contribution in [0.4, 0.5) is 0 Å². The van der Waals surface area contributed by atoms with Crippen LogP contribution in [-0.4, -0.2) is 56.8 Å². The predicted molar refractivity (Wildman–Crippen MR) is 98.5 cm³/mol. The summed E-state index contributed by atoms with van der Waals surface area (Å²) in [4.78, 5) is 14.3. The molecule has 2 aromatic carbocycles. The maximum atomic E-state index is 12.9. The number of nitrogens with zero attached hydrogens (tertiary/aromatic N) is 2. The fourth-order valence-corrected chi connectivity index (χ4v) is 4.61. The Morgan fingerprint density at radius 2 is 1.58 bits per heavy atom. The Hall–Kier alpha value is -2.38. The number of carbonyl (C=O) groups is 1. The van der Waals surface area contributed by atoms with Crippen molar-refractivity contribution in [3.8, 4) is 5.75 Å². The van der Waals surface area contributed by atoms with Crippen LogP contribution in [0.5, 0.6) is 5.75 Å². The molecule has 2 aromatic rings. The average molecular weight is 374 g/mol. The number of benzene rings is 2. The van der Waals surface area contributed by atoms with E-state index in [0.29, 0.717) is 25.3 Å². The van der Waals surface area contributed by atoms with Crippen LogP contribution in [0, 0.1) is 0 Å². The number of para-hydroxylation sites is 1. The molecule has 0 saturated carbocycles. The Labute approximate surface area is 154 Å². The van der Waals surface area contributed by atoms with Crippen LogP contribution in [0.15, 0.2) is 59.5 Å². The Morgan fingerprint density at radius 1 is 0.962 bits per heavy atom. The summed E-state index contributed by atoms with van der Waals surface area (Å²) in [6.07, 6.45) is 0.333. The van der Waals surface area contributed by atoms with Gasteiger partial charge in [0.2, 0.25) is 15.9 Å². The van der Waals surface area contributed by atoms with Crippen LogP contribution < -0.4 is 4.74 Å². The highest BCUT2D eigenvalue weighted by atomic mass is 32.2. The van der Waals surface area contributed by atoms with E-state index < -0.39 is 10.0 Å². The lowest BCUT2D eigenvalue weighted by atomic mass is 10.1. The smallest absolute Gasteiger partial charge is 0.246 e. The largest absolute Gasteiger partial charge is 0.495 e. The maximum Gasteiger partial charge on any atom is 0.246 e. The molecule has 0 aliphatic carbocycles. The molecule has 0 unspecified atom stereocenters. The van der Waals surface area contributed by atoms with E-state index in [-0.39, 0.29) is 23.9 Å². The summed E-state index contributed by atoms with van der Waals surface area (Å²) < 4.78 is 32.3. The van der Waals surface area contributed by atoms with E-state index in [0.717, 1.165) is 5.56 Å². The molecule has 26 heavy (non-hydrogen) atoms. The molecule has 1 heterocycles. The van der Waals surface area contributed by atoms with E-state index in [1.165, 1.54) is 11.4 Å². The molecule has 1 fully saturated rings. The summed E-state index contributed by atoms with van der Waals surface area (Å²) >= 11 is 0. The molecule has 0 atom stereocenters. The summed E-state index contributed by atoms with van der Waals surface area (Å²) in [5.74, 6) is 0.348. The Kier molecular flexibility index (Phi) is 5.58. The van der Waals surface area contributed by atoms with E-state index >= 15 is 0 Å². The molecule has 1 aliphatic heterocycles. The van der Waals surface area contributed by atoms with Gasteiger partial charge in [-0.3, -0.25) is 4.79 Å². The first kappa shape index (κ1) is 18.4. The van der Waals surface area contributed by atoms with Crippen molar-refractivity contribution in [3.05, 3.63) is 60.2 Å². The normalized spacial score (nSPS) is 15.7. The monoisotopic (exact) mass is 374 g/mol. The molecule has 138 valence electrons. The van der Waals surface area contributed by atoms with Gasteiger partial charge in [0.25, 0.3) is 0 Å². The third kappa shape index (κ3) is 3.89. The maximum absolute atomic E-state index is 12.9. The predicted octanol–water partition coefficient (Wildman–Crippen LogP) is 1.77. The molecular weight excluding hydrogens is 352 g/mol. The van der Waals surface area contributed by atoms with Gasteiger partial charge in [-0.15, -0.1) is 0 Å². The molecule has 0 radical (unpaired) electrons. The van der Waals surface area contributed by atoms with E-state index in [9.17, 15) is 13.2 Å². The SMILES string of the molecule is COc1ccccc1S(=O)(=O)N1CCN(C(=O)Cc2ccccc2)CC1. The van der Waals surface area contributed by atoms with Crippen LogP contribution in [-0.2, 0) is 21.2 Å². The number of hydrogen-bond donors (Lipinski definition) is 0. The fourth-order valence-electron chi connectivity index (χ4n) is 3.03. The topological polar surface area (TPSA) is 66.9 Å². The van der Waals surface area contributed by atoms with Gasteiger partial charge in [-0.1, -0.05) is 42.5 Å². The van der Waals surface area contributed by atoms with Crippen molar-refractivity contribution in [2.45, 2.75) is 11.3 Å². The number of methoxy groups -OCH3 is 1. The van der Waals surface area contributed by atoms with Crippen molar-refractivity contribution in [1.82, 2.24) is 9.21 Å². The lowest BCUT2D eigenvalue weighted by Gasteiger charge is -2.34. The van der Waals surface area contributed by atoms with Gasteiger partial charge < -0.3 is 9.64 Å². The van der Waals surface area contributed by atoms with Crippen LogP contribution in [0.2, 0.25) is 0 Å². The minimum atomic E-state index is -3.64. The fraction of sp³-hybridized carbons (Fsp3) is 0.316. The number of amides is 1. The summed E-state index contributed by atoms with van der Waals surface area (Å²) in [5, 5.41) is 0. The molecular formula is C19H22N2O4S. The molecule has 1 amide bonds. The standard InChI is InChI=1S/C19H22N2O4S/c1-25-17-9-5-6-10-18(17)26(23,24)21-13-11-20(12-14-21)19(22)15-16-7-3-2-4-8-16/h2-10H,11-15H2,1H3. The molecule has 7 heteroatoms. The van der Waals surface area contributed by atoms with Crippen molar-refractivity contribution in [1.29, 1.82) is 0 Å². The first-order valence-corrected chi connectivity index (χ1v) is 9.91. The zero-order valence-corrected chi connectivity index (χ0v) is 15.5. The molecule has 0 spiro atoms. The zero-order chi connectivity index (χ0) is 18.6. The first-order valence-electron chi connectivity index (χ1n) is 8.47. The van der Waals surface area contributed by atoms with Gasteiger partial charge in [0.15, 0.2) is 0 Å². The van der Waals surface area contributed by atoms with E-state index in [1.807, 2.05) is 30.3 Å². The van der Waals surface area contributed by atoms with Crippen LogP contribution >= 0.6 is 0 Å². The van der Waals surface area contributed by atoms with Crippen molar-refractivity contribution in [2.24, 2.45) is 0 Å². The minimum Gasteiger partial charge on any atom is -0.495 e. The highest BCUT2D eigenvalue weighted by Gasteiger charge is 2.31. The third-order valence-corrected chi connectivity index (χ3v) is 6.41. The Morgan fingerprint density at radius 3 is 2.23 bits per heavy atom. The van der Waals surface area contributed by atoms with Gasteiger partial charge in [0, 0.05) is 26.2 Å². The van der Waals surface area contributed by atoms with E-state index in [4.69, 9.17) is 4.74 Å². The van der Waals surface area contributed by atoms with Crippen molar-refractivity contribution in [3.63, 3.8) is 0 Å². The van der Waals surface area contributed by atoms with Gasteiger partial charge in [0.05, 0.1) is 13.5 Å². The number of sulfonamides is 1. The first-order chi connectivity index (χ1) is 12.5. The zero-order valence-electron chi connectivity index (χ0n) is 14.7. The summed E-state index contributed by atoms with van der Waals surface area (Å²) in [6.45, 7) is 1.34. The van der Waals surface area contributed by atoms with Crippen LogP contribution in [0.3, 0.4) is 0 Å². The van der Waals surface area contributed by atoms with Gasteiger partial charge >= 0.3 is 0 Å². The second-order valence-electron chi connectivity index (χ2n) is 6.10. The van der Waals surface area contributed by atoms with Crippen molar-refractivity contribution >= 4 is 15.9 Å². The molecule has 0 N–H and O–H groups in total. The van der Waals surface area contributed by atoms with E-state index in [1.54, 1.807) is 29.2 Å². The number of ether oxygens (including phenoxy) is 1. The van der Waals surface area contributed by atoms with Gasteiger partial charge in [-0.05, 0) is 17.7 Å². The minimum absolute atomic E-state index is 0.0190. The Bertz CT molecular complexity index is 860. The number of piperazine rings is 1. The molecule has 0 aromatic heterocycles. The second-order valence-corrected chi connectivity index (χ2v) is 8.00. The van der Waals surface area contributed by atoms with Gasteiger partial charge in [-0.25, -0.2) is 8.42 Å². The Balaban J connectivity index is 1.65. The van der Waals surface area contributed by atoms with Crippen molar-refractivity contribution in [2.75, 3.05) is 33.3 Å². The van der Waals surface area contributed by atoms with Crippen LogP contribution in [0.25, 0.3) is 0 Å². The summed E-state index contributed by atoms with van der Waals surface area (Å²) in [7, 11) is -2.19. The summed E-state index contributed by atoms with van der Waals surface area (Å²) in [5.41, 5.74) is 0.960. The van der Waals surface area contributed by atoms with E-state index in [2.05, 4.69) is 0 Å². The molecule has 3 rings (SSSR count). The van der Waals surface area contributed by atoms with Crippen LogP contribution in [0.1, 0.15) is 5.56 Å². The molecule has 6 nitrogen and oxygen atoms in total. The third-order valence-electron chi connectivity index (χ3n) is 4.48. The van der Waals surface area contributed by atoms with Gasteiger partial charge in [0.1, 0.15) is 10.6 Å². The second kappa shape index (κ2) is 7.88. The lowest BCUT2D eigenvalue weighted by Crippen LogP contribution is -2.50. The summed E-state index contributed by atoms with van der Waals surface area (Å²) in [6, 6.07) is 16.1. The molecule has 1 aliphatic rings. The number of rotatable bonds is 5. The highest BCUT2D eigenvalue weighted by Crippen LogP contribution is 2.26. The molecule has 0 bridgehead atoms. The quantitative estimate of drug-likeness (QED) is 0.800. The van der Waals surface area contributed by atoms with Crippen molar-refractivity contribution < 1.29 is 17.9 Å². The van der Waals surface area contributed by atoms with Gasteiger partial charge in [-0.2, -0.15) is 4.31 Å². The number of carbonyl (C=O) groups excluding carboxylic acids is 1.